The van der Waals surface area contributed by atoms with Crippen LogP contribution >= 0.6 is 11.3 Å². The Hall–Kier alpha value is -1.55. The quantitative estimate of drug-likeness (QED) is 0.742. The normalized spacial score (nSPS) is 10.2. The van der Waals surface area contributed by atoms with E-state index in [9.17, 15) is 4.79 Å². The maximum Gasteiger partial charge on any atom is 0.178 e. The molecule has 0 aliphatic heterocycles. The molecule has 0 fully saturated rings. The maximum atomic E-state index is 11.0. The predicted molar refractivity (Wildman–Crippen MR) is 59.2 cm³/mol. The molecule has 0 atom stereocenters. The van der Waals surface area contributed by atoms with Crippen molar-refractivity contribution in [1.82, 2.24) is 9.97 Å². The van der Waals surface area contributed by atoms with E-state index >= 15 is 0 Å². The first-order chi connectivity index (χ1) is 7.25. The lowest BCUT2D eigenvalue weighted by molar-refractivity contribution is 0.101. The number of carbonyl (C=O) groups excluding carboxylic acids is 1. The van der Waals surface area contributed by atoms with Crippen molar-refractivity contribution in [2.24, 2.45) is 0 Å². The third-order valence-corrected chi connectivity index (χ3v) is 2.84. The number of aromatic nitrogens is 2. The minimum absolute atomic E-state index is 0.0173. The summed E-state index contributed by atoms with van der Waals surface area (Å²) >= 11 is 1.51. The minimum Gasteiger partial charge on any atom is -0.293 e. The van der Waals surface area contributed by atoms with Gasteiger partial charge in [-0.15, -0.1) is 11.3 Å². The number of ketones is 1. The van der Waals surface area contributed by atoms with Gasteiger partial charge in [-0.1, -0.05) is 6.07 Å². The van der Waals surface area contributed by atoms with Crippen LogP contribution in [0.1, 0.15) is 28.0 Å². The number of rotatable bonds is 3. The molecule has 0 saturated heterocycles. The highest BCUT2D eigenvalue weighted by molar-refractivity contribution is 7.09. The Morgan fingerprint density at radius 3 is 3.00 bits per heavy atom. The summed E-state index contributed by atoms with van der Waals surface area (Å²) in [4.78, 5) is 19.3. The Labute approximate surface area is 91.8 Å². The summed E-state index contributed by atoms with van der Waals surface area (Å²) in [6.07, 6.45) is 4.30. The zero-order chi connectivity index (χ0) is 10.7. The van der Waals surface area contributed by atoms with E-state index in [1.165, 1.54) is 18.3 Å². The molecule has 0 saturated carbocycles. The molecule has 2 aromatic rings. The number of hydrogen-bond acceptors (Lipinski definition) is 4. The van der Waals surface area contributed by atoms with Crippen LogP contribution in [0, 0.1) is 0 Å². The molecule has 0 spiro atoms. The van der Waals surface area contributed by atoms with Crippen molar-refractivity contribution in [3.05, 3.63) is 46.2 Å². The Balaban J connectivity index is 2.15. The van der Waals surface area contributed by atoms with Gasteiger partial charge in [-0.3, -0.25) is 9.78 Å². The molecule has 2 aromatic heterocycles. The van der Waals surface area contributed by atoms with E-state index in [4.69, 9.17) is 0 Å². The van der Waals surface area contributed by atoms with E-state index in [1.54, 1.807) is 11.6 Å². The molecule has 0 aromatic carbocycles. The Morgan fingerprint density at radius 2 is 2.40 bits per heavy atom. The van der Waals surface area contributed by atoms with E-state index in [0.717, 1.165) is 17.0 Å². The van der Waals surface area contributed by atoms with Gasteiger partial charge in [0.15, 0.2) is 5.78 Å². The summed E-state index contributed by atoms with van der Waals surface area (Å²) < 4.78 is 0. The van der Waals surface area contributed by atoms with Crippen LogP contribution in [-0.2, 0) is 6.42 Å². The molecule has 0 unspecified atom stereocenters. The van der Waals surface area contributed by atoms with Gasteiger partial charge in [-0.05, 0) is 11.6 Å². The van der Waals surface area contributed by atoms with Crippen molar-refractivity contribution in [3.8, 4) is 0 Å². The van der Waals surface area contributed by atoms with Gasteiger partial charge in [0.25, 0.3) is 0 Å². The Bertz CT molecular complexity index is 464. The van der Waals surface area contributed by atoms with Gasteiger partial charge >= 0.3 is 0 Å². The fourth-order valence-electron chi connectivity index (χ4n) is 1.23. The largest absolute Gasteiger partial charge is 0.293 e. The first kappa shape index (κ1) is 9.98. The Kier molecular flexibility index (Phi) is 2.87. The summed E-state index contributed by atoms with van der Waals surface area (Å²) in [7, 11) is 0. The van der Waals surface area contributed by atoms with Crippen molar-refractivity contribution < 1.29 is 4.79 Å². The topological polar surface area (TPSA) is 42.9 Å². The van der Waals surface area contributed by atoms with Crippen molar-refractivity contribution in [2.75, 3.05) is 0 Å². The molecule has 0 radical (unpaired) electrons. The van der Waals surface area contributed by atoms with Crippen molar-refractivity contribution in [2.45, 2.75) is 13.3 Å². The monoisotopic (exact) mass is 218 g/mol. The van der Waals surface area contributed by atoms with Gasteiger partial charge in [0.2, 0.25) is 0 Å². The van der Waals surface area contributed by atoms with Crippen molar-refractivity contribution >= 4 is 17.1 Å². The molecule has 0 bridgehead atoms. The zero-order valence-corrected chi connectivity index (χ0v) is 9.12. The zero-order valence-electron chi connectivity index (χ0n) is 8.30. The molecule has 2 heterocycles. The standard InChI is InChI=1S/C11H10N2OS/c1-8(14)10-7-15-11(13-10)5-9-3-2-4-12-6-9/h2-4,6-7H,5H2,1H3. The van der Waals surface area contributed by atoms with Crippen LogP contribution in [0.25, 0.3) is 0 Å². The molecular weight excluding hydrogens is 208 g/mol. The molecule has 0 aliphatic carbocycles. The van der Waals surface area contributed by atoms with Crippen LogP contribution in [0.15, 0.2) is 29.9 Å². The van der Waals surface area contributed by atoms with Crippen LogP contribution in [0.3, 0.4) is 0 Å². The second-order valence-electron chi connectivity index (χ2n) is 3.22. The average molecular weight is 218 g/mol. The van der Waals surface area contributed by atoms with E-state index in [1.807, 2.05) is 18.3 Å². The lowest BCUT2D eigenvalue weighted by Crippen LogP contribution is -1.93. The molecule has 2 rings (SSSR count). The van der Waals surface area contributed by atoms with Gasteiger partial charge in [0, 0.05) is 31.1 Å². The minimum atomic E-state index is 0.0173. The second-order valence-corrected chi connectivity index (χ2v) is 4.16. The summed E-state index contributed by atoms with van der Waals surface area (Å²) in [6.45, 7) is 1.53. The summed E-state index contributed by atoms with van der Waals surface area (Å²) in [5.41, 5.74) is 1.67. The molecular formula is C11H10N2OS. The number of pyridine rings is 1. The lowest BCUT2D eigenvalue weighted by atomic mass is 10.2. The second kappa shape index (κ2) is 4.31. The highest BCUT2D eigenvalue weighted by Gasteiger charge is 2.06. The number of nitrogens with zero attached hydrogens (tertiary/aromatic N) is 2. The highest BCUT2D eigenvalue weighted by Crippen LogP contribution is 2.14. The van der Waals surface area contributed by atoms with Crippen LogP contribution in [-0.4, -0.2) is 15.8 Å². The highest BCUT2D eigenvalue weighted by atomic mass is 32.1. The fourth-order valence-corrected chi connectivity index (χ4v) is 2.10. The third kappa shape index (κ3) is 2.47. The first-order valence-corrected chi connectivity index (χ1v) is 5.48. The van der Waals surface area contributed by atoms with Crippen molar-refractivity contribution in [3.63, 3.8) is 0 Å². The smallest absolute Gasteiger partial charge is 0.178 e. The number of hydrogen-bond donors (Lipinski definition) is 0. The maximum absolute atomic E-state index is 11.0. The summed E-state index contributed by atoms with van der Waals surface area (Å²) in [5, 5.41) is 2.75. The molecule has 0 N–H and O–H groups in total. The van der Waals surface area contributed by atoms with E-state index < -0.39 is 0 Å². The average Bonchev–Trinajstić information content (AvgIpc) is 2.68. The van der Waals surface area contributed by atoms with Gasteiger partial charge in [-0.25, -0.2) is 4.98 Å². The van der Waals surface area contributed by atoms with E-state index in [0.29, 0.717) is 5.69 Å². The predicted octanol–water partition coefficient (Wildman–Crippen LogP) is 2.33. The summed E-state index contributed by atoms with van der Waals surface area (Å²) in [5.74, 6) is 0.0173. The molecule has 4 heteroatoms. The van der Waals surface area contributed by atoms with Gasteiger partial charge < -0.3 is 0 Å². The van der Waals surface area contributed by atoms with Crippen molar-refractivity contribution in [1.29, 1.82) is 0 Å². The van der Waals surface area contributed by atoms with Crippen LogP contribution in [0.5, 0.6) is 0 Å². The molecule has 76 valence electrons. The first-order valence-electron chi connectivity index (χ1n) is 4.60. The van der Waals surface area contributed by atoms with Gasteiger partial charge in [0.1, 0.15) is 5.69 Å². The summed E-state index contributed by atoms with van der Waals surface area (Å²) in [6, 6.07) is 3.90. The number of thiazole rings is 1. The van der Waals surface area contributed by atoms with Gasteiger partial charge in [0.05, 0.1) is 5.01 Å². The van der Waals surface area contributed by atoms with E-state index in [-0.39, 0.29) is 5.78 Å². The SMILES string of the molecule is CC(=O)c1csc(Cc2cccnc2)n1. The van der Waals surface area contributed by atoms with E-state index in [2.05, 4.69) is 9.97 Å². The van der Waals surface area contributed by atoms with Crippen LogP contribution in [0.4, 0.5) is 0 Å². The van der Waals surface area contributed by atoms with Crippen LogP contribution in [0.2, 0.25) is 0 Å². The molecule has 3 nitrogen and oxygen atoms in total. The van der Waals surface area contributed by atoms with Gasteiger partial charge in [-0.2, -0.15) is 0 Å². The third-order valence-electron chi connectivity index (χ3n) is 1.99. The molecule has 0 aliphatic rings. The molecule has 15 heavy (non-hydrogen) atoms. The Morgan fingerprint density at radius 1 is 1.53 bits per heavy atom. The molecule has 0 amide bonds. The number of carbonyl (C=O) groups is 1. The van der Waals surface area contributed by atoms with Crippen LogP contribution < -0.4 is 0 Å². The number of Topliss-reactive ketones (excluding diaryl/α,β-unsaturated/α-hetero) is 1. The fraction of sp³-hybridized carbons (Fsp3) is 0.182. The lowest BCUT2D eigenvalue weighted by Gasteiger charge is -1.95.